The fraction of sp³-hybridized carbons (Fsp3) is 0.278. The minimum absolute atomic E-state index is 0.256. The summed E-state index contributed by atoms with van der Waals surface area (Å²) in [6.07, 6.45) is 2.30. The first-order chi connectivity index (χ1) is 10.6. The number of hydrogen-bond donors (Lipinski definition) is 2. The van der Waals surface area contributed by atoms with Crippen molar-refractivity contribution in [3.05, 3.63) is 42.0 Å². The van der Waals surface area contributed by atoms with Crippen molar-refractivity contribution >= 4 is 10.9 Å². The van der Waals surface area contributed by atoms with Gasteiger partial charge in [0.1, 0.15) is 22.4 Å². The molecule has 0 saturated carbocycles. The molecule has 0 aliphatic carbocycles. The van der Waals surface area contributed by atoms with E-state index in [1.54, 1.807) is 12.1 Å². The lowest BCUT2D eigenvalue weighted by Gasteiger charge is -2.10. The van der Waals surface area contributed by atoms with Crippen molar-refractivity contribution in [3.63, 3.8) is 0 Å². The van der Waals surface area contributed by atoms with E-state index in [0.717, 1.165) is 53.7 Å². The summed E-state index contributed by atoms with van der Waals surface area (Å²) in [5.74, 6) is 0.582. The van der Waals surface area contributed by atoms with E-state index in [-0.39, 0.29) is 5.75 Å². The molecule has 2 N–H and O–H groups in total. The highest BCUT2D eigenvalue weighted by atomic mass is 16.3. The Labute approximate surface area is 128 Å². The summed E-state index contributed by atoms with van der Waals surface area (Å²) in [7, 11) is 0. The molecule has 0 saturated heterocycles. The number of fused-ring (bicyclic) bond motifs is 3. The second-order valence-electron chi connectivity index (χ2n) is 6.03. The van der Waals surface area contributed by atoms with Gasteiger partial charge in [-0.1, -0.05) is 0 Å². The van der Waals surface area contributed by atoms with Crippen LogP contribution in [0.3, 0.4) is 0 Å². The maximum Gasteiger partial charge on any atom is 0.250 e. The van der Waals surface area contributed by atoms with Gasteiger partial charge in [-0.05, 0) is 55.3 Å². The third-order valence-electron chi connectivity index (χ3n) is 4.44. The Kier molecular flexibility index (Phi) is 2.86. The molecule has 2 heterocycles. The normalized spacial score (nSPS) is 14.2. The smallest absolute Gasteiger partial charge is 0.250 e. The Morgan fingerprint density at radius 1 is 1.05 bits per heavy atom. The number of rotatable bonds is 1. The third-order valence-corrected chi connectivity index (χ3v) is 4.44. The first-order valence-electron chi connectivity index (χ1n) is 7.70. The van der Waals surface area contributed by atoms with Crippen LogP contribution in [-0.2, 0) is 13.1 Å². The van der Waals surface area contributed by atoms with Crippen LogP contribution >= 0.6 is 0 Å². The van der Waals surface area contributed by atoms with Gasteiger partial charge in [-0.15, -0.1) is 4.68 Å². The fourth-order valence-electron chi connectivity index (χ4n) is 3.48. The highest BCUT2D eigenvalue weighted by molar-refractivity contribution is 5.96. The Bertz CT molecular complexity index is 863. The van der Waals surface area contributed by atoms with Gasteiger partial charge in [0, 0.05) is 12.0 Å². The first-order valence-corrected chi connectivity index (χ1v) is 7.70. The summed E-state index contributed by atoms with van der Waals surface area (Å²) in [6.45, 7) is 3.92. The zero-order chi connectivity index (χ0) is 15.3. The topological polar surface area (TPSA) is 49.3 Å². The van der Waals surface area contributed by atoms with Gasteiger partial charge in [0.15, 0.2) is 6.54 Å². The van der Waals surface area contributed by atoms with E-state index in [0.29, 0.717) is 5.75 Å². The number of nitrogens with zero attached hydrogens (tertiary/aromatic N) is 2. The number of aromatic hydroxyl groups is 2. The Morgan fingerprint density at radius 3 is 2.59 bits per heavy atom. The van der Waals surface area contributed by atoms with E-state index in [9.17, 15) is 10.2 Å². The molecule has 3 aromatic rings. The molecule has 112 valence electrons. The van der Waals surface area contributed by atoms with Crippen molar-refractivity contribution in [2.24, 2.45) is 0 Å². The van der Waals surface area contributed by atoms with E-state index in [1.165, 1.54) is 0 Å². The second kappa shape index (κ2) is 4.77. The maximum atomic E-state index is 10.5. The Balaban J connectivity index is 2.10. The van der Waals surface area contributed by atoms with Gasteiger partial charge >= 0.3 is 0 Å². The average molecular weight is 295 g/mol. The van der Waals surface area contributed by atoms with Crippen molar-refractivity contribution in [1.29, 1.82) is 0 Å². The number of hydrogen-bond acceptors (Lipinski definition) is 2. The Morgan fingerprint density at radius 2 is 1.82 bits per heavy atom. The molecule has 4 nitrogen and oxygen atoms in total. The van der Waals surface area contributed by atoms with Crippen molar-refractivity contribution in [3.8, 4) is 22.8 Å². The van der Waals surface area contributed by atoms with E-state index >= 15 is 0 Å². The molecule has 2 aromatic carbocycles. The monoisotopic (exact) mass is 295 g/mol. The largest absolute Gasteiger partial charge is 0.508 e. The van der Waals surface area contributed by atoms with Crippen LogP contribution in [-0.4, -0.2) is 14.9 Å². The van der Waals surface area contributed by atoms with Crippen molar-refractivity contribution in [1.82, 2.24) is 4.68 Å². The summed E-state index contributed by atoms with van der Waals surface area (Å²) < 4.78 is 4.54. The number of benzene rings is 2. The van der Waals surface area contributed by atoms with Gasteiger partial charge in [0.2, 0.25) is 5.69 Å². The minimum Gasteiger partial charge on any atom is -0.508 e. The van der Waals surface area contributed by atoms with E-state index in [2.05, 4.69) is 15.4 Å². The molecular formula is C18H19N2O2+. The molecule has 22 heavy (non-hydrogen) atoms. The molecule has 0 bridgehead atoms. The molecule has 4 heteroatoms. The lowest BCUT2D eigenvalue weighted by atomic mass is 10.0. The van der Waals surface area contributed by atoms with Crippen LogP contribution in [0.5, 0.6) is 11.5 Å². The molecule has 0 atom stereocenters. The van der Waals surface area contributed by atoms with Crippen LogP contribution in [0.2, 0.25) is 0 Å². The van der Waals surface area contributed by atoms with Gasteiger partial charge in [-0.3, -0.25) is 0 Å². The molecule has 0 spiro atoms. The lowest BCUT2D eigenvalue weighted by Crippen LogP contribution is -2.47. The van der Waals surface area contributed by atoms with Crippen LogP contribution in [0.15, 0.2) is 36.4 Å². The van der Waals surface area contributed by atoms with Gasteiger partial charge in [-0.25, -0.2) is 0 Å². The molecule has 0 amide bonds. The Hall–Kier alpha value is -2.49. The summed E-state index contributed by atoms with van der Waals surface area (Å²) in [5, 5.41) is 21.0. The molecule has 0 fully saturated rings. The van der Waals surface area contributed by atoms with Crippen molar-refractivity contribution in [2.75, 3.05) is 0 Å². The predicted octanol–water partition coefficient (Wildman–Crippen LogP) is 3.11. The van der Waals surface area contributed by atoms with E-state index in [1.807, 2.05) is 25.1 Å². The zero-order valence-corrected chi connectivity index (χ0v) is 12.6. The van der Waals surface area contributed by atoms with Gasteiger partial charge < -0.3 is 10.2 Å². The SMILES string of the molecule is Cc1cc(O)c2c(-c3ccc(O)cc3)[n+]3n(c2c1)CCCC3. The standard InChI is InChI=1S/C18H18N2O2/c1-12-10-15-17(16(22)11-12)18(13-4-6-14(21)7-5-13)20-9-3-2-8-19(15)20/h4-7,10-11H,2-3,8-9H2,1H3,(H,21,22)/p+1. The van der Waals surface area contributed by atoms with Crippen molar-refractivity contribution < 1.29 is 14.9 Å². The molecule has 4 rings (SSSR count). The average Bonchev–Trinajstić information content (AvgIpc) is 2.83. The summed E-state index contributed by atoms with van der Waals surface area (Å²) >= 11 is 0. The van der Waals surface area contributed by atoms with Crippen LogP contribution in [0.25, 0.3) is 22.2 Å². The van der Waals surface area contributed by atoms with E-state index in [4.69, 9.17) is 0 Å². The van der Waals surface area contributed by atoms with Crippen LogP contribution in [0.1, 0.15) is 18.4 Å². The van der Waals surface area contributed by atoms with Gasteiger partial charge in [-0.2, -0.15) is 4.68 Å². The van der Waals surface area contributed by atoms with Crippen molar-refractivity contribution in [2.45, 2.75) is 32.9 Å². The molecule has 1 aliphatic heterocycles. The predicted molar refractivity (Wildman–Crippen MR) is 84.9 cm³/mol. The zero-order valence-electron chi connectivity index (χ0n) is 12.6. The number of aryl methyl sites for hydroxylation is 2. The number of phenols is 2. The highest BCUT2D eigenvalue weighted by Gasteiger charge is 2.30. The second-order valence-corrected chi connectivity index (χ2v) is 6.03. The molecule has 1 aromatic heterocycles. The first kappa shape index (κ1) is 13.2. The third kappa shape index (κ3) is 1.87. The van der Waals surface area contributed by atoms with Gasteiger partial charge in [0.05, 0.1) is 6.54 Å². The number of aromatic nitrogens is 2. The lowest BCUT2D eigenvalue weighted by molar-refractivity contribution is -0.770. The van der Waals surface area contributed by atoms with Crippen LogP contribution in [0, 0.1) is 6.92 Å². The molecule has 0 unspecified atom stereocenters. The molecule has 1 aliphatic rings. The number of phenolic OH excluding ortho intramolecular Hbond substituents is 2. The summed E-state index contributed by atoms with van der Waals surface area (Å²) in [6, 6.07) is 11.2. The minimum atomic E-state index is 0.256. The summed E-state index contributed by atoms with van der Waals surface area (Å²) in [5.41, 5.74) is 4.20. The fourth-order valence-corrected chi connectivity index (χ4v) is 3.48. The summed E-state index contributed by atoms with van der Waals surface area (Å²) in [4.78, 5) is 0. The highest BCUT2D eigenvalue weighted by Crippen LogP contribution is 2.35. The van der Waals surface area contributed by atoms with Crippen LogP contribution in [0.4, 0.5) is 0 Å². The van der Waals surface area contributed by atoms with E-state index < -0.39 is 0 Å². The quantitative estimate of drug-likeness (QED) is 0.678. The maximum absolute atomic E-state index is 10.5. The molecule has 0 radical (unpaired) electrons. The van der Waals surface area contributed by atoms with Crippen LogP contribution < -0.4 is 4.68 Å². The molecular weight excluding hydrogens is 276 g/mol. The van der Waals surface area contributed by atoms with Gasteiger partial charge in [0.25, 0.3) is 0 Å².